The van der Waals surface area contributed by atoms with E-state index in [9.17, 15) is 13.2 Å². The van der Waals surface area contributed by atoms with Crippen molar-refractivity contribution in [2.75, 3.05) is 18.6 Å². The van der Waals surface area contributed by atoms with Gasteiger partial charge in [0.05, 0.1) is 11.5 Å². The second kappa shape index (κ2) is 8.07. The zero-order chi connectivity index (χ0) is 19.4. The topological polar surface area (TPSA) is 99.7 Å². The molecule has 0 spiro atoms. The molecular formula is C18H28N4O3S. The SMILES string of the molecule is CN=C(NCc1cccc(C(=O)NC(C)(C)C)c1)NC1CCS(=O)(=O)C1. The fourth-order valence-electron chi connectivity index (χ4n) is 2.72. The lowest BCUT2D eigenvalue weighted by molar-refractivity contribution is 0.0919. The molecule has 26 heavy (non-hydrogen) atoms. The van der Waals surface area contributed by atoms with Gasteiger partial charge in [-0.3, -0.25) is 9.79 Å². The van der Waals surface area contributed by atoms with Crippen molar-refractivity contribution in [3.63, 3.8) is 0 Å². The number of carbonyl (C=O) groups is 1. The van der Waals surface area contributed by atoms with Gasteiger partial charge in [-0.1, -0.05) is 12.1 Å². The third-order valence-corrected chi connectivity index (χ3v) is 5.70. The predicted molar refractivity (Wildman–Crippen MR) is 104 cm³/mol. The van der Waals surface area contributed by atoms with E-state index in [4.69, 9.17) is 0 Å². The van der Waals surface area contributed by atoms with E-state index in [1.807, 2.05) is 39.0 Å². The highest BCUT2D eigenvalue weighted by atomic mass is 32.2. The first-order valence-corrected chi connectivity index (χ1v) is 10.5. The number of guanidine groups is 1. The molecule has 0 aromatic heterocycles. The van der Waals surface area contributed by atoms with E-state index in [1.54, 1.807) is 13.1 Å². The van der Waals surface area contributed by atoms with Gasteiger partial charge in [0.25, 0.3) is 5.91 Å². The molecule has 1 heterocycles. The van der Waals surface area contributed by atoms with Crippen LogP contribution in [-0.2, 0) is 16.4 Å². The maximum absolute atomic E-state index is 12.3. The van der Waals surface area contributed by atoms with Crippen LogP contribution in [-0.4, -0.2) is 50.4 Å². The maximum atomic E-state index is 12.3. The Bertz CT molecular complexity index is 782. The van der Waals surface area contributed by atoms with Gasteiger partial charge in [0.1, 0.15) is 0 Å². The third kappa shape index (κ3) is 6.33. The minimum Gasteiger partial charge on any atom is -0.353 e. The van der Waals surface area contributed by atoms with Gasteiger partial charge in [0, 0.05) is 30.7 Å². The summed E-state index contributed by atoms with van der Waals surface area (Å²) in [5, 5.41) is 9.25. The molecule has 1 amide bonds. The van der Waals surface area contributed by atoms with Crippen molar-refractivity contribution in [1.82, 2.24) is 16.0 Å². The molecule has 0 bridgehead atoms. The molecule has 7 nitrogen and oxygen atoms in total. The molecule has 1 unspecified atom stereocenters. The molecule has 1 aliphatic heterocycles. The van der Waals surface area contributed by atoms with Crippen molar-refractivity contribution >= 4 is 21.7 Å². The van der Waals surface area contributed by atoms with Crippen molar-refractivity contribution in [3.05, 3.63) is 35.4 Å². The Hall–Kier alpha value is -2.09. The molecule has 8 heteroatoms. The van der Waals surface area contributed by atoms with Crippen LogP contribution in [0.2, 0.25) is 0 Å². The number of carbonyl (C=O) groups excluding carboxylic acids is 1. The summed E-state index contributed by atoms with van der Waals surface area (Å²) in [6.07, 6.45) is 0.589. The molecule has 1 aromatic rings. The summed E-state index contributed by atoms with van der Waals surface area (Å²) < 4.78 is 23.1. The number of hydrogen-bond donors (Lipinski definition) is 3. The van der Waals surface area contributed by atoms with Gasteiger partial charge in [0.2, 0.25) is 0 Å². The average molecular weight is 381 g/mol. The highest BCUT2D eigenvalue weighted by Gasteiger charge is 2.28. The minimum atomic E-state index is -2.94. The Morgan fingerprint density at radius 2 is 2.04 bits per heavy atom. The van der Waals surface area contributed by atoms with Gasteiger partial charge in [-0.25, -0.2) is 8.42 Å². The largest absolute Gasteiger partial charge is 0.353 e. The van der Waals surface area contributed by atoms with Crippen LogP contribution >= 0.6 is 0 Å². The molecule has 1 saturated heterocycles. The minimum absolute atomic E-state index is 0.113. The number of aliphatic imine (C=N–C) groups is 1. The molecule has 144 valence electrons. The Balaban J connectivity index is 1.94. The first kappa shape index (κ1) is 20.2. The Morgan fingerprint density at radius 3 is 2.62 bits per heavy atom. The second-order valence-corrected chi connectivity index (χ2v) is 9.80. The molecule has 1 fully saturated rings. The number of nitrogens with one attached hydrogen (secondary N) is 3. The van der Waals surface area contributed by atoms with Crippen LogP contribution in [0.1, 0.15) is 43.1 Å². The number of sulfone groups is 1. The average Bonchev–Trinajstić information content (AvgIpc) is 2.89. The summed E-state index contributed by atoms with van der Waals surface area (Å²) >= 11 is 0. The van der Waals surface area contributed by atoms with Gasteiger partial charge in [-0.15, -0.1) is 0 Å². The third-order valence-electron chi connectivity index (χ3n) is 3.93. The fraction of sp³-hybridized carbons (Fsp3) is 0.556. The van der Waals surface area contributed by atoms with Gasteiger partial charge in [-0.05, 0) is 44.9 Å². The number of nitrogens with zero attached hydrogens (tertiary/aromatic N) is 1. The van der Waals surface area contributed by atoms with Crippen molar-refractivity contribution in [2.45, 2.75) is 45.3 Å². The number of hydrogen-bond acceptors (Lipinski definition) is 4. The smallest absolute Gasteiger partial charge is 0.251 e. The molecular weight excluding hydrogens is 352 g/mol. The van der Waals surface area contributed by atoms with Gasteiger partial charge in [0.15, 0.2) is 15.8 Å². The van der Waals surface area contributed by atoms with Crippen LogP contribution < -0.4 is 16.0 Å². The second-order valence-electron chi connectivity index (χ2n) is 7.57. The molecule has 0 saturated carbocycles. The van der Waals surface area contributed by atoms with E-state index < -0.39 is 9.84 Å². The number of rotatable bonds is 4. The first-order valence-electron chi connectivity index (χ1n) is 8.67. The zero-order valence-electron chi connectivity index (χ0n) is 15.8. The molecule has 0 aliphatic carbocycles. The van der Waals surface area contributed by atoms with Crippen molar-refractivity contribution in [1.29, 1.82) is 0 Å². The summed E-state index contributed by atoms with van der Waals surface area (Å²) in [4.78, 5) is 16.4. The van der Waals surface area contributed by atoms with E-state index in [0.29, 0.717) is 24.5 Å². The molecule has 2 rings (SSSR count). The first-order chi connectivity index (χ1) is 12.1. The lowest BCUT2D eigenvalue weighted by Gasteiger charge is -2.20. The van der Waals surface area contributed by atoms with E-state index >= 15 is 0 Å². The maximum Gasteiger partial charge on any atom is 0.251 e. The van der Waals surface area contributed by atoms with E-state index in [2.05, 4.69) is 20.9 Å². The quantitative estimate of drug-likeness (QED) is 0.536. The molecule has 3 N–H and O–H groups in total. The normalized spacial score (nSPS) is 19.8. The summed E-state index contributed by atoms with van der Waals surface area (Å²) in [6.45, 7) is 6.30. The molecule has 1 atom stereocenters. The van der Waals surface area contributed by atoms with Crippen molar-refractivity contribution < 1.29 is 13.2 Å². The molecule has 0 radical (unpaired) electrons. The number of amides is 1. The summed E-state index contributed by atoms with van der Waals surface area (Å²) in [7, 11) is -1.29. The number of benzene rings is 1. The van der Waals surface area contributed by atoms with Crippen LogP contribution in [0.4, 0.5) is 0 Å². The van der Waals surface area contributed by atoms with Crippen LogP contribution in [0.3, 0.4) is 0 Å². The summed E-state index contributed by atoms with van der Waals surface area (Å²) in [5.74, 6) is 0.789. The summed E-state index contributed by atoms with van der Waals surface area (Å²) in [6, 6.07) is 7.26. The van der Waals surface area contributed by atoms with Crippen LogP contribution in [0.15, 0.2) is 29.3 Å². The summed E-state index contributed by atoms with van der Waals surface area (Å²) in [5.41, 5.74) is 1.25. The standard InChI is InChI=1S/C18H28N4O3S/c1-18(2,3)22-16(23)14-7-5-6-13(10-14)11-20-17(19-4)21-15-8-9-26(24,25)12-15/h5-7,10,15H,8-9,11-12H2,1-4H3,(H,22,23)(H2,19,20,21). The van der Waals surface area contributed by atoms with E-state index in [1.165, 1.54) is 0 Å². The zero-order valence-corrected chi connectivity index (χ0v) is 16.6. The predicted octanol–water partition coefficient (Wildman–Crippen LogP) is 1.07. The van der Waals surface area contributed by atoms with E-state index in [0.717, 1.165) is 5.56 Å². The lowest BCUT2D eigenvalue weighted by atomic mass is 10.1. The van der Waals surface area contributed by atoms with Gasteiger partial charge in [-0.2, -0.15) is 0 Å². The highest BCUT2D eigenvalue weighted by Crippen LogP contribution is 2.11. The molecule has 1 aromatic carbocycles. The Morgan fingerprint density at radius 1 is 1.31 bits per heavy atom. The fourth-order valence-corrected chi connectivity index (χ4v) is 4.39. The molecule has 1 aliphatic rings. The Labute approximate surface area is 155 Å². The Kier molecular flexibility index (Phi) is 6.28. The van der Waals surface area contributed by atoms with Crippen molar-refractivity contribution in [2.24, 2.45) is 4.99 Å². The van der Waals surface area contributed by atoms with Gasteiger partial charge < -0.3 is 16.0 Å². The van der Waals surface area contributed by atoms with Crippen molar-refractivity contribution in [3.8, 4) is 0 Å². The van der Waals surface area contributed by atoms with Crippen LogP contribution in [0.5, 0.6) is 0 Å². The lowest BCUT2D eigenvalue weighted by Crippen LogP contribution is -2.43. The van der Waals surface area contributed by atoms with Gasteiger partial charge >= 0.3 is 0 Å². The highest BCUT2D eigenvalue weighted by molar-refractivity contribution is 7.91. The van der Waals surface area contributed by atoms with Crippen LogP contribution in [0.25, 0.3) is 0 Å². The monoisotopic (exact) mass is 380 g/mol. The van der Waals surface area contributed by atoms with Crippen LogP contribution in [0, 0.1) is 0 Å². The van der Waals surface area contributed by atoms with E-state index in [-0.39, 0.29) is 29.0 Å².